The molecule has 1 aliphatic rings. The molecule has 1 aromatic rings. The minimum atomic E-state index is -0.00606. The second-order valence-corrected chi connectivity index (χ2v) is 5.68. The summed E-state index contributed by atoms with van der Waals surface area (Å²) in [5.74, 6) is 1.94. The van der Waals surface area contributed by atoms with E-state index in [9.17, 15) is 0 Å². The first-order chi connectivity index (χ1) is 7.54. The Hall–Kier alpha value is -0.420. The van der Waals surface area contributed by atoms with Gasteiger partial charge >= 0.3 is 0 Å². The minimum Gasteiger partial charge on any atom is -0.370 e. The van der Waals surface area contributed by atoms with E-state index in [1.807, 2.05) is 0 Å². The molecule has 0 saturated carbocycles. The van der Waals surface area contributed by atoms with Crippen LogP contribution < -0.4 is 0 Å². The topological polar surface area (TPSA) is 39.9 Å². The van der Waals surface area contributed by atoms with Crippen molar-refractivity contribution in [3.63, 3.8) is 0 Å². The van der Waals surface area contributed by atoms with Crippen molar-refractivity contribution in [3.05, 3.63) is 11.6 Å². The van der Waals surface area contributed by atoms with Gasteiger partial charge < -0.3 is 9.30 Å². The Balaban J connectivity index is 2.41. The molecule has 1 aromatic heterocycles. The molecule has 2 heterocycles. The van der Waals surface area contributed by atoms with E-state index < -0.39 is 0 Å². The SMILES string of the molecule is CC(C)(C)n1c(CBr)nnc1C1CCCO1. The molecule has 0 amide bonds. The molecule has 90 valence electrons. The summed E-state index contributed by atoms with van der Waals surface area (Å²) in [6, 6.07) is 0. The summed E-state index contributed by atoms with van der Waals surface area (Å²) in [5.41, 5.74) is -0.00606. The summed E-state index contributed by atoms with van der Waals surface area (Å²) in [6.07, 6.45) is 2.29. The molecule has 1 saturated heterocycles. The van der Waals surface area contributed by atoms with Crippen LogP contribution in [-0.4, -0.2) is 21.4 Å². The van der Waals surface area contributed by atoms with Crippen molar-refractivity contribution < 1.29 is 4.74 Å². The van der Waals surface area contributed by atoms with Crippen molar-refractivity contribution in [2.45, 2.75) is 50.6 Å². The van der Waals surface area contributed by atoms with Crippen LogP contribution in [0.15, 0.2) is 0 Å². The summed E-state index contributed by atoms with van der Waals surface area (Å²) in [5, 5.41) is 9.25. The molecule has 5 heteroatoms. The number of ether oxygens (including phenoxy) is 1. The summed E-state index contributed by atoms with van der Waals surface area (Å²) in [4.78, 5) is 0. The van der Waals surface area contributed by atoms with Crippen LogP contribution in [0.3, 0.4) is 0 Å². The van der Waals surface area contributed by atoms with Gasteiger partial charge in [0.1, 0.15) is 11.9 Å². The first-order valence-corrected chi connectivity index (χ1v) is 6.78. The molecule has 1 atom stereocenters. The van der Waals surface area contributed by atoms with E-state index in [4.69, 9.17) is 4.74 Å². The number of alkyl halides is 1. The van der Waals surface area contributed by atoms with Gasteiger partial charge in [-0.3, -0.25) is 0 Å². The van der Waals surface area contributed by atoms with Gasteiger partial charge in [0, 0.05) is 12.1 Å². The highest BCUT2D eigenvalue weighted by atomic mass is 79.9. The van der Waals surface area contributed by atoms with Crippen LogP contribution in [0.1, 0.15) is 51.4 Å². The smallest absolute Gasteiger partial charge is 0.162 e. The fourth-order valence-electron chi connectivity index (χ4n) is 2.14. The van der Waals surface area contributed by atoms with E-state index in [0.29, 0.717) is 0 Å². The van der Waals surface area contributed by atoms with E-state index >= 15 is 0 Å². The average molecular weight is 288 g/mol. The normalized spacial score (nSPS) is 21.6. The van der Waals surface area contributed by atoms with E-state index in [1.165, 1.54) is 0 Å². The van der Waals surface area contributed by atoms with Crippen molar-refractivity contribution in [1.82, 2.24) is 14.8 Å². The maximum absolute atomic E-state index is 5.69. The highest BCUT2D eigenvalue weighted by Gasteiger charge is 2.29. The summed E-state index contributed by atoms with van der Waals surface area (Å²) in [6.45, 7) is 7.34. The summed E-state index contributed by atoms with van der Waals surface area (Å²) < 4.78 is 7.89. The zero-order chi connectivity index (χ0) is 11.8. The lowest BCUT2D eigenvalue weighted by Crippen LogP contribution is -2.27. The predicted molar refractivity (Wildman–Crippen MR) is 65.6 cm³/mol. The highest BCUT2D eigenvalue weighted by molar-refractivity contribution is 9.08. The molecular formula is C11H18BrN3O. The van der Waals surface area contributed by atoms with Gasteiger partial charge in [0.2, 0.25) is 0 Å². The molecule has 0 N–H and O–H groups in total. The fourth-order valence-corrected chi connectivity index (χ4v) is 2.50. The van der Waals surface area contributed by atoms with E-state index in [1.54, 1.807) is 0 Å². The molecule has 4 nitrogen and oxygen atoms in total. The molecule has 16 heavy (non-hydrogen) atoms. The predicted octanol–water partition coefficient (Wildman–Crippen LogP) is 2.78. The Kier molecular flexibility index (Phi) is 3.35. The van der Waals surface area contributed by atoms with Gasteiger partial charge in [0.05, 0.1) is 5.33 Å². The molecule has 1 fully saturated rings. The molecule has 0 spiro atoms. The van der Waals surface area contributed by atoms with E-state index in [-0.39, 0.29) is 11.6 Å². The zero-order valence-electron chi connectivity index (χ0n) is 10.0. The van der Waals surface area contributed by atoms with Crippen molar-refractivity contribution in [3.8, 4) is 0 Å². The van der Waals surface area contributed by atoms with Crippen LogP contribution in [0.4, 0.5) is 0 Å². The lowest BCUT2D eigenvalue weighted by atomic mass is 10.1. The quantitative estimate of drug-likeness (QED) is 0.786. The molecule has 1 unspecified atom stereocenters. The Labute approximate surface area is 105 Å². The van der Waals surface area contributed by atoms with Gasteiger partial charge in [-0.2, -0.15) is 0 Å². The maximum atomic E-state index is 5.69. The Morgan fingerprint density at radius 2 is 2.19 bits per heavy atom. The number of nitrogens with zero attached hydrogens (tertiary/aromatic N) is 3. The number of hydrogen-bond acceptors (Lipinski definition) is 3. The number of rotatable bonds is 2. The number of aromatic nitrogens is 3. The Morgan fingerprint density at radius 1 is 1.44 bits per heavy atom. The molecule has 0 aromatic carbocycles. The zero-order valence-corrected chi connectivity index (χ0v) is 11.6. The second-order valence-electron chi connectivity index (χ2n) is 5.12. The lowest BCUT2D eigenvalue weighted by Gasteiger charge is -2.26. The number of hydrogen-bond donors (Lipinski definition) is 0. The molecule has 0 radical (unpaired) electrons. The monoisotopic (exact) mass is 287 g/mol. The molecular weight excluding hydrogens is 270 g/mol. The van der Waals surface area contributed by atoms with Gasteiger partial charge in [-0.15, -0.1) is 10.2 Å². The standard InChI is InChI=1S/C11H18BrN3O/c1-11(2,3)15-9(7-12)13-14-10(15)8-5-4-6-16-8/h8H,4-7H2,1-3H3. The van der Waals surface area contributed by atoms with Crippen molar-refractivity contribution in [1.29, 1.82) is 0 Å². The van der Waals surface area contributed by atoms with Crippen LogP contribution >= 0.6 is 15.9 Å². The largest absolute Gasteiger partial charge is 0.370 e. The van der Waals surface area contributed by atoms with Crippen molar-refractivity contribution >= 4 is 15.9 Å². The third kappa shape index (κ3) is 2.15. The summed E-state index contributed by atoms with van der Waals surface area (Å²) in [7, 11) is 0. The second kappa shape index (κ2) is 4.45. The maximum Gasteiger partial charge on any atom is 0.162 e. The third-order valence-electron chi connectivity index (χ3n) is 2.76. The number of halogens is 1. The van der Waals surface area contributed by atoms with Gasteiger partial charge in [0.25, 0.3) is 0 Å². The molecule has 2 rings (SSSR count). The molecule has 0 aliphatic carbocycles. The van der Waals surface area contributed by atoms with Gasteiger partial charge in [-0.1, -0.05) is 15.9 Å². The van der Waals surface area contributed by atoms with Crippen LogP contribution in [0.2, 0.25) is 0 Å². The fraction of sp³-hybridized carbons (Fsp3) is 0.818. The van der Waals surface area contributed by atoms with Crippen LogP contribution in [-0.2, 0) is 15.6 Å². The van der Waals surface area contributed by atoms with Gasteiger partial charge in [-0.25, -0.2) is 0 Å². The lowest BCUT2D eigenvalue weighted by molar-refractivity contribution is 0.0973. The van der Waals surface area contributed by atoms with Gasteiger partial charge in [-0.05, 0) is 33.6 Å². The van der Waals surface area contributed by atoms with Crippen molar-refractivity contribution in [2.24, 2.45) is 0 Å². The van der Waals surface area contributed by atoms with E-state index in [2.05, 4.69) is 51.5 Å². The average Bonchev–Trinajstić information content (AvgIpc) is 2.84. The Bertz CT molecular complexity index is 364. The summed E-state index contributed by atoms with van der Waals surface area (Å²) >= 11 is 3.46. The Morgan fingerprint density at radius 3 is 2.69 bits per heavy atom. The van der Waals surface area contributed by atoms with Crippen molar-refractivity contribution in [2.75, 3.05) is 6.61 Å². The van der Waals surface area contributed by atoms with E-state index in [0.717, 1.165) is 36.4 Å². The first kappa shape index (κ1) is 12.0. The first-order valence-electron chi connectivity index (χ1n) is 5.66. The van der Waals surface area contributed by atoms with Crippen LogP contribution in [0.25, 0.3) is 0 Å². The molecule has 0 bridgehead atoms. The van der Waals surface area contributed by atoms with Crippen LogP contribution in [0, 0.1) is 0 Å². The minimum absolute atomic E-state index is 0.00606. The third-order valence-corrected chi connectivity index (χ3v) is 3.26. The van der Waals surface area contributed by atoms with Gasteiger partial charge in [0.15, 0.2) is 5.82 Å². The van der Waals surface area contributed by atoms with Crippen LogP contribution in [0.5, 0.6) is 0 Å². The highest BCUT2D eigenvalue weighted by Crippen LogP contribution is 2.31. The molecule has 1 aliphatic heterocycles.